The van der Waals surface area contributed by atoms with E-state index in [1.807, 2.05) is 0 Å². The zero-order chi connectivity index (χ0) is 17.8. The van der Waals surface area contributed by atoms with Crippen molar-refractivity contribution >= 4 is 5.91 Å². The van der Waals surface area contributed by atoms with Gasteiger partial charge in [0, 0.05) is 19.7 Å². The second-order valence-corrected chi connectivity index (χ2v) is 7.23. The van der Waals surface area contributed by atoms with Crippen molar-refractivity contribution in [2.45, 2.75) is 25.7 Å². The summed E-state index contributed by atoms with van der Waals surface area (Å²) in [5.74, 6) is -1.65. The van der Waals surface area contributed by atoms with E-state index in [1.54, 1.807) is 0 Å². The Kier molecular flexibility index (Phi) is 3.35. The maximum Gasteiger partial charge on any atom is 0.343 e. The molecule has 132 valence electrons. The maximum atomic E-state index is 14.0. The molecule has 2 aliphatic rings. The van der Waals surface area contributed by atoms with Crippen LogP contribution in [0.5, 0.6) is 0 Å². The molecule has 6 nitrogen and oxygen atoms in total. The van der Waals surface area contributed by atoms with Crippen LogP contribution in [-0.2, 0) is 13.5 Å². The third kappa shape index (κ3) is 2.65. The highest BCUT2D eigenvalue weighted by molar-refractivity contribution is 5.90. The van der Waals surface area contributed by atoms with Crippen molar-refractivity contribution in [1.82, 2.24) is 20.1 Å². The van der Waals surface area contributed by atoms with Crippen molar-refractivity contribution in [2.75, 3.05) is 6.54 Å². The molecule has 2 saturated carbocycles. The van der Waals surface area contributed by atoms with Gasteiger partial charge in [-0.25, -0.2) is 18.3 Å². The van der Waals surface area contributed by atoms with Gasteiger partial charge in [-0.15, -0.1) is 5.10 Å². The highest BCUT2D eigenvalue weighted by Crippen LogP contribution is 2.79. The SMILES string of the molecule is Cn1nc(C(=O)NC[C@@]2(Cc3ccc(F)cc3F)CC23CC3)[nH]c1=O. The Hall–Kier alpha value is -2.51. The van der Waals surface area contributed by atoms with Crippen LogP contribution in [0.25, 0.3) is 0 Å². The number of nitrogens with one attached hydrogen (secondary N) is 2. The Morgan fingerprint density at radius 3 is 2.72 bits per heavy atom. The Labute approximate surface area is 142 Å². The minimum absolute atomic E-state index is 0.0406. The minimum Gasteiger partial charge on any atom is -0.349 e. The molecule has 1 aromatic heterocycles. The molecule has 0 radical (unpaired) electrons. The maximum absolute atomic E-state index is 14.0. The molecule has 0 aliphatic heterocycles. The molecule has 1 spiro atoms. The van der Waals surface area contributed by atoms with Crippen molar-refractivity contribution in [1.29, 1.82) is 0 Å². The Morgan fingerprint density at radius 2 is 2.16 bits per heavy atom. The average molecular weight is 348 g/mol. The fourth-order valence-electron chi connectivity index (χ4n) is 3.89. The summed E-state index contributed by atoms with van der Waals surface area (Å²) in [6, 6.07) is 3.62. The van der Waals surface area contributed by atoms with Crippen molar-refractivity contribution in [3.8, 4) is 0 Å². The first-order valence-corrected chi connectivity index (χ1v) is 8.20. The molecule has 1 amide bonds. The monoisotopic (exact) mass is 348 g/mol. The van der Waals surface area contributed by atoms with Crippen LogP contribution in [-0.4, -0.2) is 27.2 Å². The molecular formula is C17H18F2N4O2. The molecule has 25 heavy (non-hydrogen) atoms. The lowest BCUT2D eigenvalue weighted by Gasteiger charge is -2.18. The summed E-state index contributed by atoms with van der Waals surface area (Å²) >= 11 is 0. The number of H-pyrrole nitrogens is 1. The van der Waals surface area contributed by atoms with E-state index in [9.17, 15) is 18.4 Å². The average Bonchev–Trinajstić information content (AvgIpc) is 3.43. The summed E-state index contributed by atoms with van der Waals surface area (Å²) in [7, 11) is 1.45. The van der Waals surface area contributed by atoms with E-state index in [1.165, 1.54) is 19.2 Å². The van der Waals surface area contributed by atoms with Crippen LogP contribution in [0.3, 0.4) is 0 Å². The Bertz CT molecular complexity index is 916. The van der Waals surface area contributed by atoms with Gasteiger partial charge >= 0.3 is 5.69 Å². The number of aromatic nitrogens is 3. The molecule has 2 N–H and O–H groups in total. The van der Waals surface area contributed by atoms with Crippen molar-refractivity contribution in [3.05, 3.63) is 51.7 Å². The minimum atomic E-state index is -0.598. The highest BCUT2D eigenvalue weighted by atomic mass is 19.1. The van der Waals surface area contributed by atoms with Crippen molar-refractivity contribution in [2.24, 2.45) is 17.9 Å². The van der Waals surface area contributed by atoms with E-state index in [0.717, 1.165) is 30.0 Å². The van der Waals surface area contributed by atoms with Crippen molar-refractivity contribution in [3.63, 3.8) is 0 Å². The normalized spacial score (nSPS) is 22.8. The molecule has 0 unspecified atom stereocenters. The van der Waals surface area contributed by atoms with Crippen LogP contribution in [0.4, 0.5) is 8.78 Å². The van der Waals surface area contributed by atoms with Gasteiger partial charge in [-0.3, -0.25) is 9.78 Å². The van der Waals surface area contributed by atoms with E-state index in [4.69, 9.17) is 0 Å². The second kappa shape index (κ2) is 5.24. The van der Waals surface area contributed by atoms with E-state index < -0.39 is 23.2 Å². The van der Waals surface area contributed by atoms with Gasteiger partial charge < -0.3 is 5.32 Å². The summed E-state index contributed by atoms with van der Waals surface area (Å²) in [5, 5.41) is 6.63. The second-order valence-electron chi connectivity index (χ2n) is 7.23. The number of aryl methyl sites for hydroxylation is 1. The third-order valence-corrected chi connectivity index (χ3v) is 5.65. The number of nitrogens with zero attached hydrogens (tertiary/aromatic N) is 2. The molecule has 8 heteroatoms. The lowest BCUT2D eigenvalue weighted by atomic mass is 9.92. The zero-order valence-electron chi connectivity index (χ0n) is 13.7. The van der Waals surface area contributed by atoms with Crippen LogP contribution >= 0.6 is 0 Å². The lowest BCUT2D eigenvalue weighted by molar-refractivity contribution is 0.0932. The van der Waals surface area contributed by atoms with Gasteiger partial charge in [-0.1, -0.05) is 6.07 Å². The summed E-state index contributed by atoms with van der Waals surface area (Å²) in [5.41, 5.74) is -0.0429. The molecule has 1 heterocycles. The first-order chi connectivity index (χ1) is 11.8. The first-order valence-electron chi connectivity index (χ1n) is 8.20. The summed E-state index contributed by atoms with van der Waals surface area (Å²) in [4.78, 5) is 26.0. The number of hydrogen-bond donors (Lipinski definition) is 2. The van der Waals surface area contributed by atoms with Gasteiger partial charge in [-0.05, 0) is 48.1 Å². The van der Waals surface area contributed by atoms with Crippen LogP contribution < -0.4 is 11.0 Å². The Morgan fingerprint density at radius 1 is 1.40 bits per heavy atom. The molecule has 0 bridgehead atoms. The summed E-state index contributed by atoms with van der Waals surface area (Å²) in [6.07, 6.45) is 3.49. The fraction of sp³-hybridized carbons (Fsp3) is 0.471. The number of aromatic amines is 1. The third-order valence-electron chi connectivity index (χ3n) is 5.65. The van der Waals surface area contributed by atoms with Gasteiger partial charge in [0.15, 0.2) is 0 Å². The number of halogens is 2. The largest absolute Gasteiger partial charge is 0.349 e. The smallest absolute Gasteiger partial charge is 0.343 e. The van der Waals surface area contributed by atoms with Gasteiger partial charge in [0.05, 0.1) is 0 Å². The van der Waals surface area contributed by atoms with Crippen molar-refractivity contribution < 1.29 is 13.6 Å². The molecule has 2 fully saturated rings. The van der Waals surface area contributed by atoms with Gasteiger partial charge in [-0.2, -0.15) is 0 Å². The predicted molar refractivity (Wildman–Crippen MR) is 84.9 cm³/mol. The van der Waals surface area contributed by atoms with Gasteiger partial charge in [0.25, 0.3) is 5.91 Å². The number of carbonyl (C=O) groups excluding carboxylic acids is 1. The number of amides is 1. The molecule has 1 atom stereocenters. The standard InChI is InChI=1S/C17H18F2N4O2/c1-23-15(25)21-13(22-23)14(24)20-9-17(8-16(17)4-5-16)7-10-2-3-11(18)6-12(10)19/h2-3,6H,4-5,7-9H2,1H3,(H,20,24)(H,21,22,25)/t17-/m1/s1. The fourth-order valence-corrected chi connectivity index (χ4v) is 3.89. The number of carbonyl (C=O) groups is 1. The lowest BCUT2D eigenvalue weighted by Crippen LogP contribution is -2.33. The summed E-state index contributed by atoms with van der Waals surface area (Å²) in [6.45, 7) is 0.376. The van der Waals surface area contributed by atoms with Crippen LogP contribution in [0.15, 0.2) is 23.0 Å². The van der Waals surface area contributed by atoms with Gasteiger partial charge in [0.1, 0.15) is 11.6 Å². The molecule has 0 saturated heterocycles. The van der Waals surface area contributed by atoms with Crippen LogP contribution in [0, 0.1) is 22.5 Å². The zero-order valence-corrected chi connectivity index (χ0v) is 13.7. The summed E-state index contributed by atoms with van der Waals surface area (Å²) < 4.78 is 28.2. The van der Waals surface area contributed by atoms with E-state index >= 15 is 0 Å². The van der Waals surface area contributed by atoms with Crippen LogP contribution in [0.1, 0.15) is 35.4 Å². The van der Waals surface area contributed by atoms with Crippen LogP contribution in [0.2, 0.25) is 0 Å². The Balaban J connectivity index is 1.48. The highest BCUT2D eigenvalue weighted by Gasteiger charge is 2.73. The molecule has 1 aromatic carbocycles. The molecule has 2 aliphatic carbocycles. The number of rotatable bonds is 5. The van der Waals surface area contributed by atoms with E-state index in [2.05, 4.69) is 15.4 Å². The molecule has 2 aromatic rings. The molecular weight excluding hydrogens is 330 g/mol. The first kappa shape index (κ1) is 16.0. The van der Waals surface area contributed by atoms with E-state index in [-0.39, 0.29) is 16.7 Å². The topological polar surface area (TPSA) is 79.8 Å². The predicted octanol–water partition coefficient (Wildman–Crippen LogP) is 1.53. The quantitative estimate of drug-likeness (QED) is 0.860. The number of benzene rings is 1. The number of hydrogen-bond acceptors (Lipinski definition) is 3. The van der Waals surface area contributed by atoms with E-state index in [0.29, 0.717) is 18.5 Å². The van der Waals surface area contributed by atoms with Gasteiger partial charge in [0.2, 0.25) is 5.82 Å². The molecule has 4 rings (SSSR count).